The molecule has 1 aliphatic heterocycles. The number of nitrogens with zero attached hydrogens (tertiary/aromatic N) is 1. The van der Waals surface area contributed by atoms with E-state index in [1.807, 2.05) is 27.7 Å². The van der Waals surface area contributed by atoms with Gasteiger partial charge in [-0.25, -0.2) is 0 Å². The van der Waals surface area contributed by atoms with Crippen LogP contribution in [-0.2, 0) is 5.21 Å². The Hall–Kier alpha value is -0.120. The molecule has 107 valence electrons. The molecule has 0 aliphatic carbocycles. The van der Waals surface area contributed by atoms with Crippen LogP contribution < -0.4 is 0 Å². The Kier molecular flexibility index (Phi) is 4.85. The SMILES string of the molecule is CCCCCCC1(O)CC(C)(C)N([O])C(C)(C)C1. The van der Waals surface area contributed by atoms with Crippen molar-refractivity contribution >= 4 is 0 Å². The van der Waals surface area contributed by atoms with E-state index in [4.69, 9.17) is 0 Å². The molecule has 1 radical (unpaired) electrons. The van der Waals surface area contributed by atoms with Gasteiger partial charge in [0.25, 0.3) is 0 Å². The lowest BCUT2D eigenvalue weighted by molar-refractivity contribution is -0.312. The summed E-state index contributed by atoms with van der Waals surface area (Å²) in [5.74, 6) is 0. The van der Waals surface area contributed by atoms with E-state index >= 15 is 0 Å². The maximum atomic E-state index is 12.2. The molecule has 1 rings (SSSR count). The Labute approximate surface area is 112 Å². The van der Waals surface area contributed by atoms with Crippen molar-refractivity contribution in [1.29, 1.82) is 0 Å². The zero-order chi connectivity index (χ0) is 14.0. The zero-order valence-corrected chi connectivity index (χ0v) is 12.8. The maximum Gasteiger partial charge on any atom is 0.0684 e. The molecule has 18 heavy (non-hydrogen) atoms. The summed E-state index contributed by atoms with van der Waals surface area (Å²) in [5, 5.41) is 24.2. The van der Waals surface area contributed by atoms with Gasteiger partial charge in [0, 0.05) is 11.1 Å². The van der Waals surface area contributed by atoms with Crippen molar-refractivity contribution in [3.63, 3.8) is 0 Å². The molecule has 0 unspecified atom stereocenters. The highest BCUT2D eigenvalue weighted by molar-refractivity contribution is 5.03. The predicted octanol–water partition coefficient (Wildman–Crippen LogP) is 3.69. The first kappa shape index (κ1) is 15.9. The predicted molar refractivity (Wildman–Crippen MR) is 73.6 cm³/mol. The molecule has 0 spiro atoms. The second-order valence-electron chi connectivity index (χ2n) is 7.31. The highest BCUT2D eigenvalue weighted by Crippen LogP contribution is 2.44. The topological polar surface area (TPSA) is 43.4 Å². The molecule has 1 aliphatic rings. The van der Waals surface area contributed by atoms with Crippen LogP contribution in [0.15, 0.2) is 0 Å². The minimum absolute atomic E-state index is 0.471. The molecule has 3 nitrogen and oxygen atoms in total. The van der Waals surface area contributed by atoms with Gasteiger partial charge < -0.3 is 5.11 Å². The lowest BCUT2D eigenvalue weighted by atomic mass is 9.70. The van der Waals surface area contributed by atoms with Crippen LogP contribution in [0.5, 0.6) is 0 Å². The maximum absolute atomic E-state index is 12.2. The van der Waals surface area contributed by atoms with E-state index in [9.17, 15) is 10.3 Å². The fourth-order valence-corrected chi connectivity index (χ4v) is 3.69. The Morgan fingerprint density at radius 3 is 1.94 bits per heavy atom. The Morgan fingerprint density at radius 1 is 1.00 bits per heavy atom. The van der Waals surface area contributed by atoms with Crippen molar-refractivity contribution in [1.82, 2.24) is 5.06 Å². The van der Waals surface area contributed by atoms with Crippen LogP contribution in [0.25, 0.3) is 0 Å². The van der Waals surface area contributed by atoms with Crippen LogP contribution in [0.2, 0.25) is 0 Å². The Morgan fingerprint density at radius 2 is 1.50 bits per heavy atom. The number of hydrogen-bond acceptors (Lipinski definition) is 2. The molecule has 0 aromatic heterocycles. The Bertz CT molecular complexity index is 256. The Balaban J connectivity index is 2.66. The number of rotatable bonds is 5. The molecule has 0 aromatic rings. The highest BCUT2D eigenvalue weighted by atomic mass is 16.5. The van der Waals surface area contributed by atoms with Gasteiger partial charge in [-0.1, -0.05) is 32.6 Å². The van der Waals surface area contributed by atoms with Crippen LogP contribution >= 0.6 is 0 Å². The third kappa shape index (κ3) is 3.69. The van der Waals surface area contributed by atoms with Crippen LogP contribution in [0.1, 0.15) is 79.6 Å². The molecule has 3 heteroatoms. The fraction of sp³-hybridized carbons (Fsp3) is 1.00. The number of unbranched alkanes of at least 4 members (excludes halogenated alkanes) is 3. The number of piperidine rings is 1. The molecule has 0 amide bonds. The first-order valence-electron chi connectivity index (χ1n) is 7.33. The van der Waals surface area contributed by atoms with Crippen molar-refractivity contribution in [2.45, 2.75) is 96.2 Å². The summed E-state index contributed by atoms with van der Waals surface area (Å²) in [6.45, 7) is 9.96. The van der Waals surface area contributed by atoms with Crippen LogP contribution in [0.3, 0.4) is 0 Å². The standard InChI is InChI=1S/C15H30NO2/c1-6-7-8-9-10-15(17)11-13(2,3)16(18)14(4,5)12-15/h17H,6-12H2,1-5H3. The van der Waals surface area contributed by atoms with Gasteiger partial charge in [-0.05, 0) is 47.0 Å². The summed E-state index contributed by atoms with van der Waals surface area (Å²) in [4.78, 5) is 0. The highest BCUT2D eigenvalue weighted by Gasteiger charge is 2.51. The molecule has 1 fully saturated rings. The van der Waals surface area contributed by atoms with Crippen molar-refractivity contribution in [3.8, 4) is 0 Å². The van der Waals surface area contributed by atoms with Crippen molar-refractivity contribution in [3.05, 3.63) is 0 Å². The van der Waals surface area contributed by atoms with Gasteiger partial charge >= 0.3 is 0 Å². The first-order valence-corrected chi connectivity index (χ1v) is 7.33. The molecule has 0 aromatic carbocycles. The van der Waals surface area contributed by atoms with E-state index in [0.29, 0.717) is 12.8 Å². The molecular weight excluding hydrogens is 226 g/mol. The zero-order valence-electron chi connectivity index (χ0n) is 12.8. The summed E-state index contributed by atoms with van der Waals surface area (Å²) in [5.41, 5.74) is -1.61. The smallest absolute Gasteiger partial charge is 0.0684 e. The summed E-state index contributed by atoms with van der Waals surface area (Å²) in [6, 6.07) is 0. The van der Waals surface area contributed by atoms with Gasteiger partial charge in [-0.3, -0.25) is 0 Å². The third-order valence-electron chi connectivity index (χ3n) is 4.12. The van der Waals surface area contributed by atoms with E-state index in [2.05, 4.69) is 6.92 Å². The van der Waals surface area contributed by atoms with Crippen LogP contribution in [0.4, 0.5) is 0 Å². The number of aliphatic hydroxyl groups is 1. The minimum Gasteiger partial charge on any atom is -0.390 e. The monoisotopic (exact) mass is 256 g/mol. The van der Waals surface area contributed by atoms with Gasteiger partial charge in [0.1, 0.15) is 0 Å². The molecule has 1 N–H and O–H groups in total. The molecule has 0 bridgehead atoms. The van der Waals surface area contributed by atoms with E-state index in [1.54, 1.807) is 0 Å². The quantitative estimate of drug-likeness (QED) is 0.762. The van der Waals surface area contributed by atoms with Crippen molar-refractivity contribution in [2.75, 3.05) is 0 Å². The van der Waals surface area contributed by atoms with Gasteiger partial charge in [-0.2, -0.15) is 0 Å². The largest absolute Gasteiger partial charge is 0.390 e. The molecule has 0 saturated carbocycles. The second kappa shape index (κ2) is 5.48. The normalized spacial score (nSPS) is 26.2. The minimum atomic E-state index is -0.665. The fourth-order valence-electron chi connectivity index (χ4n) is 3.69. The summed E-state index contributed by atoms with van der Waals surface area (Å²) >= 11 is 0. The second-order valence-corrected chi connectivity index (χ2v) is 7.31. The average molecular weight is 256 g/mol. The van der Waals surface area contributed by atoms with E-state index in [0.717, 1.165) is 12.8 Å². The molecule has 1 heterocycles. The van der Waals surface area contributed by atoms with E-state index in [1.165, 1.54) is 24.3 Å². The molecule has 1 saturated heterocycles. The first-order chi connectivity index (χ1) is 8.13. The van der Waals surface area contributed by atoms with E-state index < -0.39 is 16.7 Å². The summed E-state index contributed by atoms with van der Waals surface area (Å²) < 4.78 is 0. The van der Waals surface area contributed by atoms with Gasteiger partial charge in [0.15, 0.2) is 0 Å². The average Bonchev–Trinajstić information content (AvgIpc) is 2.20. The number of hydrogen-bond donors (Lipinski definition) is 1. The summed E-state index contributed by atoms with van der Waals surface area (Å²) in [7, 11) is 0. The third-order valence-corrected chi connectivity index (χ3v) is 4.12. The molecular formula is C15H30NO2. The molecule has 0 atom stereocenters. The van der Waals surface area contributed by atoms with Crippen LogP contribution in [-0.4, -0.2) is 26.8 Å². The lowest BCUT2D eigenvalue weighted by Gasteiger charge is -2.53. The van der Waals surface area contributed by atoms with Crippen molar-refractivity contribution < 1.29 is 10.3 Å². The van der Waals surface area contributed by atoms with Gasteiger partial charge in [-0.15, -0.1) is 10.3 Å². The number of hydroxylamine groups is 2. The van der Waals surface area contributed by atoms with Gasteiger partial charge in [0.05, 0.1) is 5.60 Å². The summed E-state index contributed by atoms with van der Waals surface area (Å²) in [6.07, 6.45) is 6.68. The lowest BCUT2D eigenvalue weighted by Crippen LogP contribution is -2.63. The van der Waals surface area contributed by atoms with E-state index in [-0.39, 0.29) is 0 Å². The van der Waals surface area contributed by atoms with Crippen molar-refractivity contribution in [2.24, 2.45) is 0 Å². The van der Waals surface area contributed by atoms with Crippen LogP contribution in [0, 0.1) is 0 Å². The van der Waals surface area contributed by atoms with Gasteiger partial charge in [0.2, 0.25) is 0 Å².